The van der Waals surface area contributed by atoms with Gasteiger partial charge in [0.15, 0.2) is 0 Å². The van der Waals surface area contributed by atoms with Gasteiger partial charge in [0.25, 0.3) is 5.91 Å². The van der Waals surface area contributed by atoms with Crippen LogP contribution in [-0.4, -0.2) is 18.7 Å². The van der Waals surface area contributed by atoms with Crippen molar-refractivity contribution in [1.29, 1.82) is 0 Å². The fraction of sp³-hybridized carbons (Fsp3) is 0.333. The Kier molecular flexibility index (Phi) is 4.17. The molecule has 0 spiro atoms. The predicted octanol–water partition coefficient (Wildman–Crippen LogP) is 1.84. The Morgan fingerprint density at radius 3 is 2.75 bits per heavy atom. The number of nitrogens with one attached hydrogen (secondary N) is 1. The van der Waals surface area contributed by atoms with Gasteiger partial charge in [-0.3, -0.25) is 9.79 Å². The third-order valence-electron chi connectivity index (χ3n) is 2.34. The van der Waals surface area contributed by atoms with Gasteiger partial charge in [0.2, 0.25) is 0 Å². The van der Waals surface area contributed by atoms with E-state index >= 15 is 0 Å². The zero-order chi connectivity index (χ0) is 12.1. The van der Waals surface area contributed by atoms with Gasteiger partial charge in [-0.1, -0.05) is 12.1 Å². The molecule has 16 heavy (non-hydrogen) atoms. The molecule has 86 valence electrons. The van der Waals surface area contributed by atoms with Crippen LogP contribution >= 0.6 is 0 Å². The highest BCUT2D eigenvalue weighted by Gasteiger charge is 2.04. The predicted molar refractivity (Wildman–Crippen MR) is 62.0 cm³/mol. The first-order valence-corrected chi connectivity index (χ1v) is 5.01. The molecule has 0 aromatic heterocycles. The number of nitrogens with zero attached hydrogens (tertiary/aromatic N) is 1. The lowest BCUT2D eigenvalue weighted by atomic mass is 10.1. The molecule has 0 bridgehead atoms. The second kappa shape index (κ2) is 5.39. The van der Waals surface area contributed by atoms with Crippen molar-refractivity contribution < 1.29 is 9.18 Å². The van der Waals surface area contributed by atoms with Crippen molar-refractivity contribution in [3.05, 3.63) is 35.1 Å². The van der Waals surface area contributed by atoms with Crippen LogP contribution in [-0.2, 0) is 11.3 Å². The maximum Gasteiger partial charge on any atom is 0.265 e. The van der Waals surface area contributed by atoms with Crippen LogP contribution in [0.2, 0.25) is 0 Å². The summed E-state index contributed by atoms with van der Waals surface area (Å²) in [5, 5.41) is 2.70. The van der Waals surface area contributed by atoms with E-state index in [0.717, 1.165) is 5.56 Å². The summed E-state index contributed by atoms with van der Waals surface area (Å²) >= 11 is 0. The van der Waals surface area contributed by atoms with Crippen LogP contribution in [0.15, 0.2) is 23.2 Å². The van der Waals surface area contributed by atoms with Crippen LogP contribution in [0.5, 0.6) is 0 Å². The molecule has 0 saturated carbocycles. The zero-order valence-corrected chi connectivity index (χ0v) is 9.67. The Bertz CT molecular complexity index is 427. The number of aryl methyl sites for hydroxylation is 1. The van der Waals surface area contributed by atoms with Gasteiger partial charge in [0.1, 0.15) is 5.82 Å². The number of hydrogen-bond donors (Lipinski definition) is 1. The minimum atomic E-state index is -0.235. The van der Waals surface area contributed by atoms with E-state index in [9.17, 15) is 9.18 Å². The van der Waals surface area contributed by atoms with Crippen molar-refractivity contribution in [2.75, 3.05) is 7.05 Å². The van der Waals surface area contributed by atoms with Crippen molar-refractivity contribution in [2.24, 2.45) is 4.99 Å². The number of amides is 1. The van der Waals surface area contributed by atoms with Gasteiger partial charge < -0.3 is 5.32 Å². The molecule has 1 aromatic carbocycles. The minimum absolute atomic E-state index is 0.204. The third-order valence-corrected chi connectivity index (χ3v) is 2.34. The minimum Gasteiger partial charge on any atom is -0.347 e. The Hall–Kier alpha value is -1.71. The zero-order valence-electron chi connectivity index (χ0n) is 9.67. The van der Waals surface area contributed by atoms with Crippen molar-refractivity contribution in [3.63, 3.8) is 0 Å². The molecular weight excluding hydrogens is 207 g/mol. The fourth-order valence-electron chi connectivity index (χ4n) is 1.23. The Labute approximate surface area is 94.4 Å². The number of carbonyl (C=O) groups excluding carboxylic acids is 1. The molecule has 0 heterocycles. The van der Waals surface area contributed by atoms with E-state index in [1.54, 1.807) is 33.0 Å². The molecule has 1 amide bonds. The maximum atomic E-state index is 13.0. The molecule has 1 N–H and O–H groups in total. The molecular formula is C12H15FN2O. The van der Waals surface area contributed by atoms with E-state index in [1.807, 2.05) is 0 Å². The Morgan fingerprint density at radius 2 is 2.19 bits per heavy atom. The van der Waals surface area contributed by atoms with Crippen LogP contribution in [0.1, 0.15) is 18.1 Å². The molecule has 0 fully saturated rings. The van der Waals surface area contributed by atoms with Gasteiger partial charge in [0, 0.05) is 13.6 Å². The number of benzene rings is 1. The van der Waals surface area contributed by atoms with Crippen molar-refractivity contribution in [2.45, 2.75) is 20.4 Å². The van der Waals surface area contributed by atoms with Gasteiger partial charge in [-0.25, -0.2) is 4.39 Å². The smallest absolute Gasteiger partial charge is 0.265 e. The number of halogens is 1. The number of carbonyl (C=O) groups is 1. The summed E-state index contributed by atoms with van der Waals surface area (Å²) in [6, 6.07) is 4.77. The molecule has 0 aliphatic rings. The number of hydrogen-bond acceptors (Lipinski definition) is 2. The summed E-state index contributed by atoms with van der Waals surface area (Å²) in [7, 11) is 1.57. The lowest BCUT2D eigenvalue weighted by molar-refractivity contribution is -0.115. The molecule has 4 heteroatoms. The first-order chi connectivity index (χ1) is 7.54. The highest BCUT2D eigenvalue weighted by molar-refractivity contribution is 6.37. The second-order valence-corrected chi connectivity index (χ2v) is 3.58. The second-order valence-electron chi connectivity index (χ2n) is 3.58. The van der Waals surface area contributed by atoms with E-state index < -0.39 is 0 Å². The van der Waals surface area contributed by atoms with E-state index in [-0.39, 0.29) is 11.7 Å². The third kappa shape index (κ3) is 3.15. The fourth-order valence-corrected chi connectivity index (χ4v) is 1.23. The first-order valence-electron chi connectivity index (χ1n) is 5.01. The van der Waals surface area contributed by atoms with Gasteiger partial charge in [-0.2, -0.15) is 0 Å². The van der Waals surface area contributed by atoms with Gasteiger partial charge >= 0.3 is 0 Å². The lowest BCUT2D eigenvalue weighted by Crippen LogP contribution is -2.28. The molecule has 0 unspecified atom stereocenters. The quantitative estimate of drug-likeness (QED) is 0.779. The highest BCUT2D eigenvalue weighted by Crippen LogP contribution is 2.08. The van der Waals surface area contributed by atoms with Crippen molar-refractivity contribution >= 4 is 11.6 Å². The summed E-state index contributed by atoms with van der Waals surface area (Å²) in [6.45, 7) is 3.72. The lowest BCUT2D eigenvalue weighted by Gasteiger charge is -2.06. The largest absolute Gasteiger partial charge is 0.347 e. The van der Waals surface area contributed by atoms with Crippen molar-refractivity contribution in [1.82, 2.24) is 5.32 Å². The van der Waals surface area contributed by atoms with Crippen LogP contribution in [0.3, 0.4) is 0 Å². The number of rotatable bonds is 3. The SMILES string of the molecule is CN=C(C)C(=O)NCc1ccc(F)c(C)c1. The molecule has 0 aliphatic carbocycles. The first kappa shape index (κ1) is 12.4. The molecule has 1 aromatic rings. The average molecular weight is 222 g/mol. The molecule has 0 aliphatic heterocycles. The van der Waals surface area contributed by atoms with Crippen molar-refractivity contribution in [3.8, 4) is 0 Å². The van der Waals surface area contributed by atoms with Crippen LogP contribution in [0.25, 0.3) is 0 Å². The van der Waals surface area contributed by atoms with Crippen LogP contribution < -0.4 is 5.32 Å². The summed E-state index contributed by atoms with van der Waals surface area (Å²) in [5.74, 6) is -0.439. The summed E-state index contributed by atoms with van der Waals surface area (Å²) < 4.78 is 13.0. The number of aliphatic imine (C=N–C) groups is 1. The molecule has 0 radical (unpaired) electrons. The van der Waals surface area contributed by atoms with E-state index in [4.69, 9.17) is 0 Å². The maximum absolute atomic E-state index is 13.0. The average Bonchev–Trinajstić information content (AvgIpc) is 2.29. The molecule has 0 atom stereocenters. The molecule has 0 saturated heterocycles. The molecule has 1 rings (SSSR count). The van der Waals surface area contributed by atoms with E-state index in [1.165, 1.54) is 6.07 Å². The Balaban J connectivity index is 2.62. The van der Waals surface area contributed by atoms with Gasteiger partial charge in [-0.15, -0.1) is 0 Å². The Morgan fingerprint density at radius 1 is 1.50 bits per heavy atom. The normalized spacial score (nSPS) is 11.4. The topological polar surface area (TPSA) is 41.5 Å². The van der Waals surface area contributed by atoms with Crippen LogP contribution in [0.4, 0.5) is 4.39 Å². The highest BCUT2D eigenvalue weighted by atomic mass is 19.1. The summed E-state index contributed by atoms with van der Waals surface area (Å²) in [5.41, 5.74) is 1.88. The summed E-state index contributed by atoms with van der Waals surface area (Å²) in [6.07, 6.45) is 0. The van der Waals surface area contributed by atoms with Crippen LogP contribution in [0, 0.1) is 12.7 Å². The summed E-state index contributed by atoms with van der Waals surface area (Å²) in [4.78, 5) is 15.2. The van der Waals surface area contributed by atoms with E-state index in [0.29, 0.717) is 17.8 Å². The van der Waals surface area contributed by atoms with Gasteiger partial charge in [0.05, 0.1) is 5.71 Å². The monoisotopic (exact) mass is 222 g/mol. The standard InChI is InChI=1S/C12H15FN2O/c1-8-6-10(4-5-11(8)13)7-15-12(16)9(2)14-3/h4-6H,7H2,1-3H3,(H,15,16). The van der Waals surface area contributed by atoms with E-state index in [2.05, 4.69) is 10.3 Å². The van der Waals surface area contributed by atoms with Gasteiger partial charge in [-0.05, 0) is 31.0 Å². The molecule has 3 nitrogen and oxygen atoms in total.